The summed E-state index contributed by atoms with van der Waals surface area (Å²) in [6, 6.07) is 3.18. The molecule has 2 N–H and O–H groups in total. The molecule has 0 amide bonds. The van der Waals surface area contributed by atoms with E-state index in [4.69, 9.17) is 18.9 Å². The Morgan fingerprint density at radius 3 is 0.646 bits per heavy atom. The number of carbonyl (C=O) groups excluding carboxylic acids is 4. The number of halogens is 16. The van der Waals surface area contributed by atoms with Crippen LogP contribution in [-0.2, 0) is 38.1 Å². The minimum atomic E-state index is -2.21. The van der Waals surface area contributed by atoms with E-state index < -0.39 is 275 Å². The fraction of sp³-hybridized carbons (Fsp3) is 0.250. The lowest BCUT2D eigenvalue weighted by Gasteiger charge is -2.14. The molecular formula is C64H46F16N4O8S4. The SMILES string of the molecule is CCOC(=O)CCSc1c(F)c(F)c(-c2c3nc(c(-c4c(F)c(F)c(SCCC(=O)OCC)c(F)c4F)c4ccc([nH]4)c(-c4c(F)c(F)c(SCCC(=O)OCC)c(F)c4F)c4nc(c(-c5c(F)c(F)c(SCCC(=O)OCC)c(F)c5F)c5ccc2[nH]5)C=C4)C=C3)c(F)c1F. The molecule has 12 nitrogen and oxygen atoms in total. The molecule has 0 unspecified atom stereocenters. The van der Waals surface area contributed by atoms with Crippen molar-refractivity contribution in [3.8, 4) is 44.5 Å². The van der Waals surface area contributed by atoms with Crippen LogP contribution in [0, 0.1) is 93.1 Å². The van der Waals surface area contributed by atoms with Gasteiger partial charge >= 0.3 is 23.9 Å². The third-order valence-corrected chi connectivity index (χ3v) is 18.3. The minimum absolute atomic E-state index is 0.105. The average molecular weight is 1430 g/mol. The Morgan fingerprint density at radius 2 is 0.479 bits per heavy atom. The molecular weight excluding hydrogens is 1380 g/mol. The van der Waals surface area contributed by atoms with Crippen molar-refractivity contribution in [2.75, 3.05) is 49.4 Å². The Labute approximate surface area is 550 Å². The first kappa shape index (κ1) is 71.9. The molecule has 0 radical (unpaired) electrons. The number of aromatic nitrogens is 4. The van der Waals surface area contributed by atoms with Crippen molar-refractivity contribution in [2.45, 2.75) is 73.0 Å². The molecule has 3 aromatic heterocycles. The predicted octanol–water partition coefficient (Wildman–Crippen LogP) is 17.7. The van der Waals surface area contributed by atoms with Crippen LogP contribution in [0.3, 0.4) is 0 Å². The molecule has 0 saturated heterocycles. The summed E-state index contributed by atoms with van der Waals surface area (Å²) in [4.78, 5) is 56.8. The van der Waals surface area contributed by atoms with Crippen molar-refractivity contribution < 1.29 is 108 Å². The van der Waals surface area contributed by atoms with Crippen LogP contribution in [0.5, 0.6) is 0 Å². The number of benzene rings is 4. The third-order valence-electron chi connectivity index (χ3n) is 14.1. The number of fused-ring (bicyclic) bond motifs is 8. The van der Waals surface area contributed by atoms with Crippen LogP contribution in [0.2, 0.25) is 0 Å². The molecule has 0 spiro atoms. The van der Waals surface area contributed by atoms with Gasteiger partial charge in [-0.3, -0.25) is 19.2 Å². The van der Waals surface area contributed by atoms with Gasteiger partial charge in [0.15, 0.2) is 93.1 Å². The highest BCUT2D eigenvalue weighted by Gasteiger charge is 2.36. The Balaban J connectivity index is 1.45. The van der Waals surface area contributed by atoms with Gasteiger partial charge in [0.05, 0.1) is 117 Å². The molecule has 2 aliphatic heterocycles. The lowest BCUT2D eigenvalue weighted by Crippen LogP contribution is -2.07. The quantitative estimate of drug-likeness (QED) is 0.0193. The van der Waals surface area contributed by atoms with Crippen molar-refractivity contribution in [3.63, 3.8) is 0 Å². The van der Waals surface area contributed by atoms with E-state index in [1.165, 1.54) is 27.7 Å². The third kappa shape index (κ3) is 14.2. The topological polar surface area (TPSA) is 163 Å². The van der Waals surface area contributed by atoms with Gasteiger partial charge < -0.3 is 28.9 Å². The minimum Gasteiger partial charge on any atom is -0.466 e. The maximum absolute atomic E-state index is 17.1. The summed E-state index contributed by atoms with van der Waals surface area (Å²) in [5, 5.41) is 0. The lowest BCUT2D eigenvalue weighted by atomic mass is 10.0. The second-order valence-electron chi connectivity index (χ2n) is 20.0. The number of H-pyrrole nitrogens is 2. The van der Waals surface area contributed by atoms with Gasteiger partial charge in [-0.1, -0.05) is 0 Å². The van der Waals surface area contributed by atoms with Crippen LogP contribution in [0.25, 0.3) is 90.9 Å². The van der Waals surface area contributed by atoms with E-state index in [1.54, 1.807) is 0 Å². The zero-order valence-corrected chi connectivity index (χ0v) is 53.2. The number of esters is 4. The number of hydrogen-bond donors (Lipinski definition) is 2. The van der Waals surface area contributed by atoms with E-state index in [-0.39, 0.29) is 73.5 Å². The van der Waals surface area contributed by atoms with Crippen LogP contribution in [0.4, 0.5) is 70.2 Å². The van der Waals surface area contributed by atoms with Gasteiger partial charge in [-0.25, -0.2) is 80.2 Å². The first-order valence-corrected chi connectivity index (χ1v) is 32.5. The molecule has 9 rings (SSSR count). The highest BCUT2D eigenvalue weighted by molar-refractivity contribution is 8.00. The molecule has 96 heavy (non-hydrogen) atoms. The van der Waals surface area contributed by atoms with E-state index in [0.717, 1.165) is 48.6 Å². The molecule has 0 aliphatic carbocycles. The Bertz CT molecular complexity index is 3910. The molecule has 0 saturated carbocycles. The van der Waals surface area contributed by atoms with Crippen LogP contribution >= 0.6 is 47.0 Å². The number of carbonyl (C=O) groups is 4. The van der Waals surface area contributed by atoms with Crippen molar-refractivity contribution in [1.29, 1.82) is 0 Å². The van der Waals surface area contributed by atoms with E-state index in [0.29, 0.717) is 0 Å². The molecule has 0 fully saturated rings. The monoisotopic (exact) mass is 1430 g/mol. The largest absolute Gasteiger partial charge is 0.466 e. The van der Waals surface area contributed by atoms with Crippen molar-refractivity contribution in [2.24, 2.45) is 0 Å². The number of hydrogen-bond acceptors (Lipinski definition) is 14. The molecule has 8 bridgehead atoms. The van der Waals surface area contributed by atoms with Gasteiger partial charge in [0.25, 0.3) is 0 Å². The van der Waals surface area contributed by atoms with Crippen molar-refractivity contribution in [3.05, 3.63) is 140 Å². The van der Waals surface area contributed by atoms with E-state index in [1.807, 2.05) is 0 Å². The summed E-state index contributed by atoms with van der Waals surface area (Å²) < 4.78 is 288. The fourth-order valence-electron chi connectivity index (χ4n) is 9.97. The summed E-state index contributed by atoms with van der Waals surface area (Å²) >= 11 is 0.523. The number of thioether (sulfide) groups is 4. The molecule has 0 atom stereocenters. The Hall–Kier alpha value is -8.36. The molecule has 4 aromatic carbocycles. The lowest BCUT2D eigenvalue weighted by molar-refractivity contribution is -0.143. The standard InChI is InChI=1S/C64H46F16N4O8S4/c1-5-89-33(85)17-21-93-61-53(73)45(65)41(46(66)54(61)74)37-25-9-11-27(81-25)38(42-47(67)55(75)62(56(76)48(42)68)94-22-18-34(86)90-6-2)29-13-15-31(83-29)40(44-51(71)59(79)64(60(80)52(44)72)96-24-20-36(88)92-8-4)32-16-14-30(84-32)39(28-12-10-26(37)82-28)43-49(69)57(77)63(58(78)50(43)70)95-23-19-35(87)91-7-3/h9-16,81,84H,5-8,17-24H2,1-4H3. The van der Waals surface area contributed by atoms with Crippen molar-refractivity contribution in [1.82, 2.24) is 19.9 Å². The van der Waals surface area contributed by atoms with E-state index >= 15 is 70.2 Å². The number of ether oxygens (including phenoxy) is 4. The second-order valence-corrected chi connectivity index (χ2v) is 24.4. The van der Waals surface area contributed by atoms with Gasteiger partial charge in [0.2, 0.25) is 0 Å². The first-order valence-electron chi connectivity index (χ1n) is 28.6. The molecule has 32 heteroatoms. The van der Waals surface area contributed by atoms with Gasteiger partial charge in [-0.15, -0.1) is 47.0 Å². The Morgan fingerprint density at radius 1 is 0.302 bits per heavy atom. The number of aromatic amines is 2. The summed E-state index contributed by atoms with van der Waals surface area (Å²) in [6.45, 7) is 5.39. The number of nitrogens with one attached hydrogen (secondary N) is 2. The summed E-state index contributed by atoms with van der Waals surface area (Å²) in [5.41, 5.74) is -17.8. The maximum Gasteiger partial charge on any atom is 0.306 e. The summed E-state index contributed by atoms with van der Waals surface area (Å²) in [5.74, 6) is -40.0. The molecule has 7 aromatic rings. The predicted molar refractivity (Wildman–Crippen MR) is 328 cm³/mol. The number of rotatable bonds is 24. The van der Waals surface area contributed by atoms with Gasteiger partial charge in [0.1, 0.15) is 0 Å². The highest BCUT2D eigenvalue weighted by Crippen LogP contribution is 2.47. The van der Waals surface area contributed by atoms with Crippen LogP contribution in [-0.4, -0.2) is 93.3 Å². The van der Waals surface area contributed by atoms with Gasteiger partial charge in [-0.05, 0) is 76.3 Å². The normalized spacial score (nSPS) is 11.9. The fourth-order valence-corrected chi connectivity index (χ4v) is 13.6. The second kappa shape index (κ2) is 30.8. The van der Waals surface area contributed by atoms with Gasteiger partial charge in [-0.2, -0.15) is 0 Å². The summed E-state index contributed by atoms with van der Waals surface area (Å²) in [6.07, 6.45) is 0.961. The molecule has 5 heterocycles. The highest BCUT2D eigenvalue weighted by atomic mass is 32.2. The van der Waals surface area contributed by atoms with E-state index in [9.17, 15) is 19.2 Å². The summed E-state index contributed by atoms with van der Waals surface area (Å²) in [7, 11) is 0. The Kier molecular flexibility index (Phi) is 23.1. The number of nitrogens with zero attached hydrogens (tertiary/aromatic N) is 2. The molecule has 2 aliphatic rings. The smallest absolute Gasteiger partial charge is 0.306 e. The van der Waals surface area contributed by atoms with Gasteiger partial charge in [0, 0.05) is 67.3 Å². The van der Waals surface area contributed by atoms with Crippen molar-refractivity contribution >= 4 is 117 Å². The van der Waals surface area contributed by atoms with E-state index in [2.05, 4.69) is 19.9 Å². The zero-order chi connectivity index (χ0) is 69.7. The molecule has 506 valence electrons. The first-order chi connectivity index (χ1) is 45.8. The van der Waals surface area contributed by atoms with Crippen LogP contribution in [0.15, 0.2) is 43.8 Å². The average Bonchev–Trinajstić information content (AvgIpc) is 1.55. The zero-order valence-electron chi connectivity index (χ0n) is 49.9. The van der Waals surface area contributed by atoms with Crippen LogP contribution in [0.1, 0.15) is 76.2 Å². The maximum atomic E-state index is 17.1. The van der Waals surface area contributed by atoms with Crippen LogP contribution < -0.4 is 0 Å².